The van der Waals surface area contributed by atoms with Crippen molar-refractivity contribution < 1.29 is 13.2 Å². The van der Waals surface area contributed by atoms with Crippen molar-refractivity contribution >= 4 is 22.5 Å². The van der Waals surface area contributed by atoms with Gasteiger partial charge >= 0.3 is 6.18 Å². The summed E-state index contributed by atoms with van der Waals surface area (Å²) in [6.07, 6.45) is -2.27. The van der Waals surface area contributed by atoms with E-state index < -0.39 is 11.7 Å². The lowest BCUT2D eigenvalue weighted by molar-refractivity contribution is -0.137. The van der Waals surface area contributed by atoms with Crippen molar-refractivity contribution in [3.8, 4) is 17.3 Å². The highest BCUT2D eigenvalue weighted by atomic mass is 35.5. The van der Waals surface area contributed by atoms with E-state index in [-0.39, 0.29) is 5.02 Å². The SMILES string of the molecule is N#Cc1ccc2[nH]c(-c3cc(C(F)(F)F)ccc3Cl)c(CCCCN)c2c1. The number of H-pyrrole nitrogens is 1. The smallest absolute Gasteiger partial charge is 0.354 e. The Hall–Kier alpha value is -2.49. The van der Waals surface area contributed by atoms with Gasteiger partial charge in [-0.05, 0) is 67.8 Å². The maximum atomic E-state index is 13.2. The van der Waals surface area contributed by atoms with Gasteiger partial charge in [0.2, 0.25) is 0 Å². The van der Waals surface area contributed by atoms with Gasteiger partial charge in [-0.1, -0.05) is 11.6 Å². The van der Waals surface area contributed by atoms with Crippen LogP contribution in [0, 0.1) is 11.3 Å². The molecular weight excluding hydrogens is 375 g/mol. The lowest BCUT2D eigenvalue weighted by atomic mass is 9.98. The number of hydrogen-bond acceptors (Lipinski definition) is 2. The van der Waals surface area contributed by atoms with Crippen LogP contribution >= 0.6 is 11.6 Å². The van der Waals surface area contributed by atoms with Crippen LogP contribution in [0.3, 0.4) is 0 Å². The summed E-state index contributed by atoms with van der Waals surface area (Å²) < 4.78 is 39.5. The fourth-order valence-electron chi connectivity index (χ4n) is 3.15. The van der Waals surface area contributed by atoms with Crippen LogP contribution in [0.15, 0.2) is 36.4 Å². The maximum absolute atomic E-state index is 13.2. The average molecular weight is 392 g/mol. The summed E-state index contributed by atoms with van der Waals surface area (Å²) in [7, 11) is 0. The van der Waals surface area contributed by atoms with Crippen molar-refractivity contribution in [2.75, 3.05) is 6.54 Å². The van der Waals surface area contributed by atoms with Crippen LogP contribution in [0.25, 0.3) is 22.2 Å². The molecule has 0 atom stereocenters. The van der Waals surface area contributed by atoms with Gasteiger partial charge in [0.05, 0.1) is 22.9 Å². The van der Waals surface area contributed by atoms with Gasteiger partial charge in [0.1, 0.15) is 0 Å². The third-order valence-corrected chi connectivity index (χ3v) is 4.81. The molecule has 3 rings (SSSR count). The molecule has 0 saturated carbocycles. The van der Waals surface area contributed by atoms with Crippen molar-refractivity contribution in [1.29, 1.82) is 5.26 Å². The number of nitrogens with zero attached hydrogens (tertiary/aromatic N) is 1. The molecule has 140 valence electrons. The first kappa shape index (κ1) is 19.3. The quantitative estimate of drug-likeness (QED) is 0.551. The number of nitriles is 1. The Balaban J connectivity index is 2.21. The Morgan fingerprint density at radius 3 is 2.56 bits per heavy atom. The van der Waals surface area contributed by atoms with Crippen molar-refractivity contribution in [2.45, 2.75) is 25.4 Å². The first-order valence-corrected chi connectivity index (χ1v) is 8.85. The van der Waals surface area contributed by atoms with E-state index in [1.165, 1.54) is 6.07 Å². The van der Waals surface area contributed by atoms with E-state index in [1.54, 1.807) is 18.2 Å². The number of halogens is 4. The van der Waals surface area contributed by atoms with Crippen LogP contribution in [-0.2, 0) is 12.6 Å². The second-order valence-corrected chi connectivity index (χ2v) is 6.70. The van der Waals surface area contributed by atoms with Crippen molar-refractivity contribution in [3.63, 3.8) is 0 Å². The lowest BCUT2D eigenvalue weighted by Gasteiger charge is -2.11. The summed E-state index contributed by atoms with van der Waals surface area (Å²) in [6, 6.07) is 10.5. The number of unbranched alkanes of at least 4 members (excludes halogenated alkanes) is 1. The zero-order valence-corrected chi connectivity index (χ0v) is 15.1. The maximum Gasteiger partial charge on any atom is 0.416 e. The van der Waals surface area contributed by atoms with Crippen LogP contribution < -0.4 is 5.73 Å². The third-order valence-electron chi connectivity index (χ3n) is 4.48. The van der Waals surface area contributed by atoms with E-state index in [2.05, 4.69) is 11.1 Å². The molecule has 0 unspecified atom stereocenters. The van der Waals surface area contributed by atoms with Crippen LogP contribution in [0.5, 0.6) is 0 Å². The highest BCUT2D eigenvalue weighted by Gasteiger charge is 2.31. The molecular formula is C20H17ClF3N3. The van der Waals surface area contributed by atoms with Gasteiger partial charge in [0.25, 0.3) is 0 Å². The van der Waals surface area contributed by atoms with Gasteiger partial charge in [-0.3, -0.25) is 0 Å². The number of hydrogen-bond donors (Lipinski definition) is 2. The Kier molecular flexibility index (Phi) is 5.45. The van der Waals surface area contributed by atoms with E-state index >= 15 is 0 Å². The number of aromatic nitrogens is 1. The first-order valence-electron chi connectivity index (χ1n) is 8.47. The topological polar surface area (TPSA) is 65.6 Å². The molecule has 0 aliphatic rings. The third kappa shape index (κ3) is 3.95. The predicted octanol–water partition coefficient (Wildman–Crippen LogP) is 5.66. The van der Waals surface area contributed by atoms with Gasteiger partial charge in [0.15, 0.2) is 0 Å². The number of nitrogens with one attached hydrogen (secondary N) is 1. The number of alkyl halides is 3. The van der Waals surface area contributed by atoms with Crippen molar-refractivity contribution in [1.82, 2.24) is 4.98 Å². The summed E-state index contributed by atoms with van der Waals surface area (Å²) in [5.41, 5.74) is 7.74. The van der Waals surface area contributed by atoms with E-state index in [4.69, 9.17) is 17.3 Å². The minimum Gasteiger partial charge on any atom is -0.354 e. The number of benzene rings is 2. The number of nitrogens with two attached hydrogens (primary N) is 1. The molecule has 2 aromatic carbocycles. The molecule has 0 spiro atoms. The van der Waals surface area contributed by atoms with Crippen LogP contribution in [0.2, 0.25) is 5.02 Å². The molecule has 1 aromatic heterocycles. The fourth-order valence-corrected chi connectivity index (χ4v) is 3.36. The molecule has 3 N–H and O–H groups in total. The zero-order valence-electron chi connectivity index (χ0n) is 14.3. The molecule has 3 nitrogen and oxygen atoms in total. The number of fused-ring (bicyclic) bond motifs is 1. The van der Waals surface area contributed by atoms with E-state index in [9.17, 15) is 18.4 Å². The van der Waals surface area contributed by atoms with Gasteiger partial charge in [-0.25, -0.2) is 0 Å². The number of aryl methyl sites for hydroxylation is 1. The molecule has 0 saturated heterocycles. The van der Waals surface area contributed by atoms with Gasteiger partial charge < -0.3 is 10.7 Å². The monoisotopic (exact) mass is 391 g/mol. The van der Waals surface area contributed by atoms with Crippen LogP contribution in [0.4, 0.5) is 13.2 Å². The highest BCUT2D eigenvalue weighted by molar-refractivity contribution is 6.33. The molecule has 0 aliphatic carbocycles. The minimum atomic E-state index is -4.46. The van der Waals surface area contributed by atoms with Gasteiger partial charge in [-0.2, -0.15) is 18.4 Å². The summed E-state index contributed by atoms with van der Waals surface area (Å²) >= 11 is 6.24. The second kappa shape index (κ2) is 7.63. The highest BCUT2D eigenvalue weighted by Crippen LogP contribution is 2.39. The second-order valence-electron chi connectivity index (χ2n) is 6.29. The zero-order chi connectivity index (χ0) is 19.6. The molecule has 27 heavy (non-hydrogen) atoms. The number of aromatic amines is 1. The summed E-state index contributed by atoms with van der Waals surface area (Å²) in [5, 5.41) is 10.2. The summed E-state index contributed by atoms with van der Waals surface area (Å²) in [4.78, 5) is 3.19. The fraction of sp³-hybridized carbons (Fsp3) is 0.250. The molecule has 3 aromatic rings. The molecule has 0 radical (unpaired) electrons. The lowest BCUT2D eigenvalue weighted by Crippen LogP contribution is -2.05. The standard InChI is InChI=1S/C20H17ClF3N3/c21-17-6-5-13(20(22,23)24)10-16(17)19-14(3-1-2-8-25)15-9-12(11-26)4-7-18(15)27-19/h4-7,9-10,27H,1-3,8,25H2. The Morgan fingerprint density at radius 2 is 1.89 bits per heavy atom. The first-order chi connectivity index (χ1) is 12.8. The molecule has 7 heteroatoms. The minimum absolute atomic E-state index is 0.232. The predicted molar refractivity (Wildman–Crippen MR) is 100 cm³/mol. The Bertz CT molecular complexity index is 1020. The van der Waals surface area contributed by atoms with Crippen LogP contribution in [-0.4, -0.2) is 11.5 Å². The van der Waals surface area contributed by atoms with E-state index in [0.717, 1.165) is 41.4 Å². The normalized spacial score (nSPS) is 11.7. The van der Waals surface area contributed by atoms with Crippen molar-refractivity contribution in [3.05, 3.63) is 58.1 Å². The molecule has 0 fully saturated rings. The van der Waals surface area contributed by atoms with Gasteiger partial charge in [0, 0.05) is 21.5 Å². The Labute approximate surface area is 159 Å². The average Bonchev–Trinajstić information content (AvgIpc) is 2.99. The molecule has 0 aliphatic heterocycles. The largest absolute Gasteiger partial charge is 0.416 e. The van der Waals surface area contributed by atoms with Crippen molar-refractivity contribution in [2.24, 2.45) is 5.73 Å². The molecule has 0 amide bonds. The number of rotatable bonds is 5. The molecule has 1 heterocycles. The summed E-state index contributed by atoms with van der Waals surface area (Å²) in [5.74, 6) is 0. The van der Waals surface area contributed by atoms with Crippen LogP contribution in [0.1, 0.15) is 29.5 Å². The summed E-state index contributed by atoms with van der Waals surface area (Å²) in [6.45, 7) is 0.533. The molecule has 0 bridgehead atoms. The van der Waals surface area contributed by atoms with Gasteiger partial charge in [-0.15, -0.1) is 0 Å². The van der Waals surface area contributed by atoms with E-state index in [0.29, 0.717) is 29.8 Å². The Morgan fingerprint density at radius 1 is 1.11 bits per heavy atom. The van der Waals surface area contributed by atoms with E-state index in [1.807, 2.05) is 0 Å².